The molecule has 0 aromatic carbocycles. The molecule has 4 N–H and O–H groups in total. The van der Waals surface area contributed by atoms with Crippen LogP contribution in [0.2, 0.25) is 0 Å². The minimum Gasteiger partial charge on any atom is -0.480 e. The standard InChI is InChI=1S/C15H26N2O4/c16-13(14(18)19)10-6-7-11-17-15(20)21-12-8-4-2-1-3-5-9-12/h1-2,12-13H,3-11,16H2,(H,17,20)(H,18,19)/b2-1+/t12-,13?/m0/s1. The highest BCUT2D eigenvalue weighted by Crippen LogP contribution is 2.15. The number of aliphatic carboxylic acids is 1. The third-order valence-electron chi connectivity index (χ3n) is 3.52. The van der Waals surface area contributed by atoms with Crippen LogP contribution in [0.25, 0.3) is 0 Å². The van der Waals surface area contributed by atoms with Gasteiger partial charge in [0.15, 0.2) is 0 Å². The number of carbonyl (C=O) groups is 2. The lowest BCUT2D eigenvalue weighted by Gasteiger charge is -2.18. The van der Waals surface area contributed by atoms with E-state index in [0.29, 0.717) is 25.8 Å². The van der Waals surface area contributed by atoms with Crippen molar-refractivity contribution in [2.75, 3.05) is 6.54 Å². The number of alkyl carbamates (subject to hydrolysis) is 1. The summed E-state index contributed by atoms with van der Waals surface area (Å²) < 4.78 is 5.39. The molecule has 21 heavy (non-hydrogen) atoms. The molecule has 0 saturated carbocycles. The summed E-state index contributed by atoms with van der Waals surface area (Å²) in [5, 5.41) is 11.3. The van der Waals surface area contributed by atoms with Gasteiger partial charge in [0.05, 0.1) is 0 Å². The smallest absolute Gasteiger partial charge is 0.407 e. The van der Waals surface area contributed by atoms with Gasteiger partial charge >= 0.3 is 12.1 Å². The minimum atomic E-state index is -0.985. The summed E-state index contributed by atoms with van der Waals surface area (Å²) in [6, 6.07) is -0.820. The Hall–Kier alpha value is -1.56. The van der Waals surface area contributed by atoms with E-state index in [4.69, 9.17) is 15.6 Å². The molecule has 6 nitrogen and oxygen atoms in total. The summed E-state index contributed by atoms with van der Waals surface area (Å²) in [6.45, 7) is 0.484. The molecule has 0 aromatic rings. The molecule has 0 fully saturated rings. The number of hydrogen-bond donors (Lipinski definition) is 3. The van der Waals surface area contributed by atoms with E-state index in [1.54, 1.807) is 0 Å². The van der Waals surface area contributed by atoms with Crippen LogP contribution in [-0.4, -0.2) is 35.9 Å². The Bertz CT molecular complexity index is 358. The zero-order valence-electron chi connectivity index (χ0n) is 12.4. The fourth-order valence-corrected chi connectivity index (χ4v) is 2.24. The van der Waals surface area contributed by atoms with E-state index in [1.165, 1.54) is 0 Å². The van der Waals surface area contributed by atoms with Crippen molar-refractivity contribution in [3.63, 3.8) is 0 Å². The molecule has 6 heteroatoms. The molecule has 1 aliphatic carbocycles. The summed E-state index contributed by atoms with van der Waals surface area (Å²) in [6.07, 6.45) is 10.5. The molecule has 1 unspecified atom stereocenters. The quantitative estimate of drug-likeness (QED) is 0.494. The number of carboxylic acid groups (broad SMARTS) is 1. The average molecular weight is 298 g/mol. The Labute approximate surface area is 125 Å². The van der Waals surface area contributed by atoms with E-state index >= 15 is 0 Å². The van der Waals surface area contributed by atoms with Gasteiger partial charge in [0.25, 0.3) is 0 Å². The van der Waals surface area contributed by atoms with Crippen molar-refractivity contribution < 1.29 is 19.4 Å². The third-order valence-corrected chi connectivity index (χ3v) is 3.52. The number of rotatable bonds is 7. The molecule has 0 saturated heterocycles. The van der Waals surface area contributed by atoms with Gasteiger partial charge in [-0.2, -0.15) is 0 Å². The van der Waals surface area contributed by atoms with Crippen LogP contribution < -0.4 is 11.1 Å². The molecule has 1 aliphatic rings. The second kappa shape index (κ2) is 10.2. The number of nitrogens with one attached hydrogen (secondary N) is 1. The van der Waals surface area contributed by atoms with E-state index in [9.17, 15) is 9.59 Å². The van der Waals surface area contributed by atoms with Crippen LogP contribution in [0.4, 0.5) is 4.79 Å². The summed E-state index contributed by atoms with van der Waals surface area (Å²) in [5.74, 6) is -0.985. The van der Waals surface area contributed by atoms with Gasteiger partial charge in [-0.25, -0.2) is 4.79 Å². The SMILES string of the molecule is NC(CCCCNC(=O)O[C@H]1CC/C=C/CCC1)C(=O)O. The zero-order valence-corrected chi connectivity index (χ0v) is 12.4. The fraction of sp³-hybridized carbons (Fsp3) is 0.733. The van der Waals surface area contributed by atoms with E-state index in [-0.39, 0.29) is 12.2 Å². The highest BCUT2D eigenvalue weighted by molar-refractivity contribution is 5.72. The molecule has 2 atom stereocenters. The van der Waals surface area contributed by atoms with Gasteiger partial charge < -0.3 is 20.9 Å². The van der Waals surface area contributed by atoms with Crippen LogP contribution >= 0.6 is 0 Å². The largest absolute Gasteiger partial charge is 0.480 e. The number of carboxylic acids is 1. The van der Waals surface area contributed by atoms with Gasteiger partial charge in [-0.15, -0.1) is 0 Å². The van der Waals surface area contributed by atoms with Crippen LogP contribution in [0, 0.1) is 0 Å². The molecule has 0 radical (unpaired) electrons. The average Bonchev–Trinajstić information content (AvgIpc) is 2.41. The first-order valence-electron chi connectivity index (χ1n) is 7.67. The molecule has 1 rings (SSSR count). The fourth-order valence-electron chi connectivity index (χ4n) is 2.24. The van der Waals surface area contributed by atoms with Crippen LogP contribution in [0.3, 0.4) is 0 Å². The lowest BCUT2D eigenvalue weighted by Crippen LogP contribution is -2.31. The van der Waals surface area contributed by atoms with Crippen molar-refractivity contribution in [3.8, 4) is 0 Å². The summed E-state index contributed by atoms with van der Waals surface area (Å²) >= 11 is 0. The molecule has 120 valence electrons. The van der Waals surface area contributed by atoms with E-state index < -0.39 is 12.0 Å². The zero-order chi connectivity index (χ0) is 15.5. The van der Waals surface area contributed by atoms with Gasteiger partial charge in [-0.3, -0.25) is 4.79 Å². The first-order chi connectivity index (χ1) is 10.1. The number of allylic oxidation sites excluding steroid dienone is 2. The Morgan fingerprint density at radius 3 is 2.81 bits per heavy atom. The predicted octanol–water partition coefficient (Wildman–Crippen LogP) is 2.18. The molecule has 0 heterocycles. The Morgan fingerprint density at radius 1 is 1.29 bits per heavy atom. The molecular weight excluding hydrogens is 272 g/mol. The Morgan fingerprint density at radius 2 is 2.05 bits per heavy atom. The number of hydrogen-bond acceptors (Lipinski definition) is 4. The maximum Gasteiger partial charge on any atom is 0.407 e. The molecular formula is C15H26N2O4. The Kier molecular flexibility index (Phi) is 8.50. The lowest BCUT2D eigenvalue weighted by atomic mass is 10.0. The van der Waals surface area contributed by atoms with Crippen LogP contribution in [0.5, 0.6) is 0 Å². The van der Waals surface area contributed by atoms with Crippen molar-refractivity contribution in [1.82, 2.24) is 5.32 Å². The van der Waals surface area contributed by atoms with Gasteiger partial charge in [0.1, 0.15) is 12.1 Å². The normalized spacial score (nSPS) is 21.7. The number of amides is 1. The van der Waals surface area contributed by atoms with Gasteiger partial charge in [-0.05, 0) is 51.4 Å². The van der Waals surface area contributed by atoms with Crippen LogP contribution in [-0.2, 0) is 9.53 Å². The Balaban J connectivity index is 2.08. The molecule has 0 spiro atoms. The number of carbonyl (C=O) groups excluding carboxylic acids is 1. The molecule has 1 amide bonds. The van der Waals surface area contributed by atoms with E-state index in [1.807, 2.05) is 0 Å². The first kappa shape index (κ1) is 17.5. The van der Waals surface area contributed by atoms with Crippen LogP contribution in [0.1, 0.15) is 51.4 Å². The van der Waals surface area contributed by atoms with Crippen molar-refractivity contribution in [3.05, 3.63) is 12.2 Å². The van der Waals surface area contributed by atoms with Crippen molar-refractivity contribution in [2.45, 2.75) is 63.5 Å². The summed E-state index contributed by atoms with van der Waals surface area (Å²) in [4.78, 5) is 22.2. The first-order valence-corrected chi connectivity index (χ1v) is 7.67. The maximum absolute atomic E-state index is 11.6. The summed E-state index contributed by atoms with van der Waals surface area (Å²) in [7, 11) is 0. The second-order valence-electron chi connectivity index (χ2n) is 5.37. The van der Waals surface area contributed by atoms with E-state index in [0.717, 1.165) is 32.1 Å². The van der Waals surface area contributed by atoms with E-state index in [2.05, 4.69) is 17.5 Å². The van der Waals surface area contributed by atoms with Crippen molar-refractivity contribution >= 4 is 12.1 Å². The summed E-state index contributed by atoms with van der Waals surface area (Å²) in [5.41, 5.74) is 5.39. The highest BCUT2D eigenvalue weighted by atomic mass is 16.6. The van der Waals surface area contributed by atoms with Crippen molar-refractivity contribution in [1.29, 1.82) is 0 Å². The topological polar surface area (TPSA) is 102 Å². The lowest BCUT2D eigenvalue weighted by molar-refractivity contribution is -0.138. The molecule has 0 bridgehead atoms. The molecule has 0 aliphatic heterocycles. The van der Waals surface area contributed by atoms with Crippen LogP contribution in [0.15, 0.2) is 12.2 Å². The second-order valence-corrected chi connectivity index (χ2v) is 5.37. The predicted molar refractivity (Wildman–Crippen MR) is 80.0 cm³/mol. The van der Waals surface area contributed by atoms with Gasteiger partial charge in [0.2, 0.25) is 0 Å². The maximum atomic E-state index is 11.6. The number of ether oxygens (including phenoxy) is 1. The minimum absolute atomic E-state index is 0.00428. The van der Waals surface area contributed by atoms with Gasteiger partial charge in [-0.1, -0.05) is 12.2 Å². The monoisotopic (exact) mass is 298 g/mol. The van der Waals surface area contributed by atoms with Gasteiger partial charge in [0, 0.05) is 6.54 Å². The number of unbranched alkanes of at least 4 members (excludes halogenated alkanes) is 1. The molecule has 0 aromatic heterocycles. The highest BCUT2D eigenvalue weighted by Gasteiger charge is 2.14. The van der Waals surface area contributed by atoms with Crippen molar-refractivity contribution in [2.24, 2.45) is 5.73 Å². The number of nitrogens with two attached hydrogens (primary N) is 1. The third kappa shape index (κ3) is 8.34.